The number of carbonyl (C=O) groups is 2. The van der Waals surface area contributed by atoms with Crippen LogP contribution in [0.3, 0.4) is 0 Å². The van der Waals surface area contributed by atoms with Gasteiger partial charge in [0.05, 0.1) is 5.69 Å². The summed E-state index contributed by atoms with van der Waals surface area (Å²) in [6.45, 7) is 3.88. The Balaban J connectivity index is 1.80. The fraction of sp³-hybridized carbons (Fsp3) is 0.714. The molecule has 1 aromatic rings. The van der Waals surface area contributed by atoms with Gasteiger partial charge in [-0.25, -0.2) is 4.79 Å². The highest BCUT2D eigenvalue weighted by molar-refractivity contribution is 7.07. The highest BCUT2D eigenvalue weighted by atomic mass is 32.1. The van der Waals surface area contributed by atoms with E-state index in [1.54, 1.807) is 19.0 Å². The Morgan fingerprint density at radius 2 is 2.00 bits per heavy atom. The SMILES string of the molecule is Cc1nnsc1C(=O)N1C[C@@H]2CC[C@H]1CN(C(=O)N(C)C)C2. The molecule has 3 aliphatic rings. The number of amides is 3. The van der Waals surface area contributed by atoms with Gasteiger partial charge in [0.25, 0.3) is 5.91 Å². The molecule has 0 radical (unpaired) electrons. The summed E-state index contributed by atoms with van der Waals surface area (Å²) in [5, 5.41) is 3.93. The number of hydrogen-bond donors (Lipinski definition) is 0. The van der Waals surface area contributed by atoms with Gasteiger partial charge in [0.15, 0.2) is 0 Å². The molecule has 3 aliphatic heterocycles. The molecule has 8 heteroatoms. The minimum absolute atomic E-state index is 0.0151. The quantitative estimate of drug-likeness (QED) is 0.775. The standard InChI is InChI=1S/C14H21N5O2S/c1-9-12(22-16-15-9)13(20)19-7-10-4-5-11(19)8-18(6-10)14(21)17(2)3/h10-11H,4-8H2,1-3H3/t10-,11+/m1/s1. The van der Waals surface area contributed by atoms with E-state index in [1.807, 2.05) is 16.7 Å². The first kappa shape index (κ1) is 15.2. The molecule has 0 aromatic carbocycles. The molecule has 0 N–H and O–H groups in total. The van der Waals surface area contributed by atoms with E-state index in [0.29, 0.717) is 23.0 Å². The molecule has 22 heavy (non-hydrogen) atoms. The minimum atomic E-state index is 0.0151. The number of aryl methyl sites for hydroxylation is 1. The van der Waals surface area contributed by atoms with Crippen LogP contribution in [-0.2, 0) is 0 Å². The second kappa shape index (κ2) is 5.83. The van der Waals surface area contributed by atoms with Gasteiger partial charge in [0, 0.05) is 39.8 Å². The average molecular weight is 323 g/mol. The van der Waals surface area contributed by atoms with Crippen LogP contribution in [0.2, 0.25) is 0 Å². The predicted octanol–water partition coefficient (Wildman–Crippen LogP) is 1.06. The Morgan fingerprint density at radius 1 is 1.23 bits per heavy atom. The zero-order valence-corrected chi connectivity index (χ0v) is 14.0. The average Bonchev–Trinajstić information content (AvgIpc) is 2.73. The Kier molecular flexibility index (Phi) is 4.03. The van der Waals surface area contributed by atoms with Gasteiger partial charge in [0.1, 0.15) is 4.88 Å². The van der Waals surface area contributed by atoms with Crippen molar-refractivity contribution in [1.29, 1.82) is 0 Å². The summed E-state index contributed by atoms with van der Waals surface area (Å²) in [6, 6.07) is 0.124. The van der Waals surface area contributed by atoms with E-state index in [-0.39, 0.29) is 18.0 Å². The maximum atomic E-state index is 12.8. The van der Waals surface area contributed by atoms with Gasteiger partial charge in [-0.2, -0.15) is 0 Å². The van der Waals surface area contributed by atoms with Gasteiger partial charge in [-0.1, -0.05) is 4.49 Å². The van der Waals surface area contributed by atoms with Crippen molar-refractivity contribution in [3.05, 3.63) is 10.6 Å². The smallest absolute Gasteiger partial charge is 0.319 e. The monoisotopic (exact) mass is 323 g/mol. The van der Waals surface area contributed by atoms with E-state index in [0.717, 1.165) is 37.5 Å². The summed E-state index contributed by atoms with van der Waals surface area (Å²) in [5.41, 5.74) is 0.691. The van der Waals surface area contributed by atoms with Crippen molar-refractivity contribution in [2.75, 3.05) is 33.7 Å². The zero-order valence-electron chi connectivity index (χ0n) is 13.2. The van der Waals surface area contributed by atoms with Gasteiger partial charge in [-0.3, -0.25) is 4.79 Å². The maximum absolute atomic E-state index is 12.8. The van der Waals surface area contributed by atoms with Crippen LogP contribution in [0.5, 0.6) is 0 Å². The number of hydrogen-bond acceptors (Lipinski definition) is 5. The van der Waals surface area contributed by atoms with Crippen LogP contribution >= 0.6 is 11.5 Å². The Labute approximate surface area is 134 Å². The minimum Gasteiger partial charge on any atom is -0.333 e. The first-order chi connectivity index (χ1) is 10.5. The molecule has 7 nitrogen and oxygen atoms in total. The lowest BCUT2D eigenvalue weighted by atomic mass is 9.95. The van der Waals surface area contributed by atoms with Crippen LogP contribution in [0.15, 0.2) is 0 Å². The van der Waals surface area contributed by atoms with Crippen molar-refractivity contribution in [3.8, 4) is 0 Å². The number of nitrogens with zero attached hydrogens (tertiary/aromatic N) is 5. The molecule has 2 bridgehead atoms. The molecular formula is C14H21N5O2S. The molecule has 0 spiro atoms. The van der Waals surface area contributed by atoms with Gasteiger partial charge in [-0.05, 0) is 37.2 Å². The van der Waals surface area contributed by atoms with E-state index in [1.165, 1.54) is 0 Å². The second-order valence-electron chi connectivity index (χ2n) is 6.32. The topological polar surface area (TPSA) is 69.6 Å². The van der Waals surface area contributed by atoms with Crippen LogP contribution in [0.1, 0.15) is 28.2 Å². The van der Waals surface area contributed by atoms with E-state index >= 15 is 0 Å². The van der Waals surface area contributed by atoms with Gasteiger partial charge in [-0.15, -0.1) is 5.10 Å². The van der Waals surface area contributed by atoms with E-state index in [4.69, 9.17) is 0 Å². The summed E-state index contributed by atoms with van der Waals surface area (Å²) in [4.78, 5) is 31.1. The lowest BCUT2D eigenvalue weighted by Gasteiger charge is -2.35. The normalized spacial score (nSPS) is 24.3. The number of rotatable bonds is 1. The van der Waals surface area contributed by atoms with Gasteiger partial charge in [0.2, 0.25) is 0 Å². The molecule has 1 aromatic heterocycles. The first-order valence-electron chi connectivity index (χ1n) is 7.53. The van der Waals surface area contributed by atoms with Crippen molar-refractivity contribution in [2.45, 2.75) is 25.8 Å². The predicted molar refractivity (Wildman–Crippen MR) is 82.9 cm³/mol. The van der Waals surface area contributed by atoms with E-state index in [9.17, 15) is 9.59 Å². The Bertz CT molecular complexity index is 588. The fourth-order valence-corrected chi connectivity index (χ4v) is 3.94. The van der Waals surface area contributed by atoms with E-state index in [2.05, 4.69) is 9.59 Å². The molecule has 0 saturated carbocycles. The third-order valence-electron chi connectivity index (χ3n) is 4.47. The lowest BCUT2D eigenvalue weighted by molar-refractivity contribution is 0.0590. The third-order valence-corrected chi connectivity index (χ3v) is 5.29. The summed E-state index contributed by atoms with van der Waals surface area (Å²) < 4.78 is 3.86. The van der Waals surface area contributed by atoms with Crippen molar-refractivity contribution in [2.24, 2.45) is 5.92 Å². The van der Waals surface area contributed by atoms with Crippen LogP contribution in [0.4, 0.5) is 4.79 Å². The summed E-state index contributed by atoms with van der Waals surface area (Å²) >= 11 is 1.16. The molecule has 4 heterocycles. The molecule has 0 unspecified atom stereocenters. The van der Waals surface area contributed by atoms with Crippen LogP contribution < -0.4 is 0 Å². The zero-order chi connectivity index (χ0) is 15.9. The third kappa shape index (κ3) is 2.67. The number of urea groups is 1. The molecule has 2 atom stereocenters. The van der Waals surface area contributed by atoms with Crippen LogP contribution in [-0.4, -0.2) is 76.0 Å². The molecule has 120 valence electrons. The van der Waals surface area contributed by atoms with Crippen molar-refractivity contribution in [1.82, 2.24) is 24.3 Å². The number of aromatic nitrogens is 2. The molecule has 4 rings (SSSR count). The van der Waals surface area contributed by atoms with E-state index < -0.39 is 0 Å². The first-order valence-corrected chi connectivity index (χ1v) is 8.31. The summed E-state index contributed by atoms with van der Waals surface area (Å²) in [6.07, 6.45) is 2.03. The fourth-order valence-electron chi connectivity index (χ4n) is 3.33. The van der Waals surface area contributed by atoms with Crippen molar-refractivity contribution >= 4 is 23.5 Å². The molecule has 3 saturated heterocycles. The second-order valence-corrected chi connectivity index (χ2v) is 7.08. The Hall–Kier alpha value is -1.70. The van der Waals surface area contributed by atoms with Crippen molar-refractivity contribution < 1.29 is 9.59 Å². The molecule has 0 aliphatic carbocycles. The van der Waals surface area contributed by atoms with Gasteiger partial charge >= 0.3 is 6.03 Å². The summed E-state index contributed by atoms with van der Waals surface area (Å²) in [5.74, 6) is 0.370. The highest BCUT2D eigenvalue weighted by Crippen LogP contribution is 2.30. The van der Waals surface area contributed by atoms with Gasteiger partial charge < -0.3 is 14.7 Å². The number of carbonyl (C=O) groups excluding carboxylic acids is 2. The molecule has 3 fully saturated rings. The van der Waals surface area contributed by atoms with Crippen LogP contribution in [0.25, 0.3) is 0 Å². The maximum Gasteiger partial charge on any atom is 0.319 e. The molecule has 3 amide bonds. The number of piperidine rings is 1. The molecular weight excluding hydrogens is 302 g/mol. The summed E-state index contributed by atoms with van der Waals surface area (Å²) in [7, 11) is 3.54. The number of fused-ring (bicyclic) bond motifs is 4. The Morgan fingerprint density at radius 3 is 2.64 bits per heavy atom. The van der Waals surface area contributed by atoms with Crippen LogP contribution in [0, 0.1) is 12.8 Å². The highest BCUT2D eigenvalue weighted by Gasteiger charge is 2.39. The van der Waals surface area contributed by atoms with Crippen molar-refractivity contribution in [3.63, 3.8) is 0 Å². The largest absolute Gasteiger partial charge is 0.333 e. The lowest BCUT2D eigenvalue weighted by Crippen LogP contribution is -2.48.